The predicted octanol–water partition coefficient (Wildman–Crippen LogP) is 4.62. The Kier molecular flexibility index (Phi) is 9.01. The summed E-state index contributed by atoms with van der Waals surface area (Å²) in [5.41, 5.74) is -0.0274. The standard InChI is InChI=1S/C24H35NO6/c1-14(2)23(27)31-22-20(29-6)11-12-25-21(22)19(26)13-15(3)24(28)30-17(5)16(4)18-9-7-8-10-18/h11-12,14-18H,7-10,13H2,1-6H3/t15-,16-,17+/m1/s1. The fourth-order valence-corrected chi connectivity index (χ4v) is 3.84. The fraction of sp³-hybridized carbons (Fsp3) is 0.667. The van der Waals surface area contributed by atoms with E-state index in [0.717, 1.165) is 0 Å². The lowest BCUT2D eigenvalue weighted by Crippen LogP contribution is -2.30. The van der Waals surface area contributed by atoms with E-state index in [-0.39, 0.29) is 41.6 Å². The fourth-order valence-electron chi connectivity index (χ4n) is 3.84. The van der Waals surface area contributed by atoms with Gasteiger partial charge in [-0.05, 0) is 18.8 Å². The Morgan fingerprint density at radius 1 is 1.06 bits per heavy atom. The molecular weight excluding hydrogens is 398 g/mol. The summed E-state index contributed by atoms with van der Waals surface area (Å²) >= 11 is 0. The van der Waals surface area contributed by atoms with E-state index < -0.39 is 23.6 Å². The Hall–Kier alpha value is -2.44. The minimum atomic E-state index is -0.646. The lowest BCUT2D eigenvalue weighted by molar-refractivity contribution is -0.155. The van der Waals surface area contributed by atoms with Crippen molar-refractivity contribution in [3.05, 3.63) is 18.0 Å². The second kappa shape index (κ2) is 11.3. The number of carbonyl (C=O) groups is 3. The Balaban J connectivity index is 2.06. The van der Waals surface area contributed by atoms with Gasteiger partial charge < -0.3 is 14.2 Å². The van der Waals surface area contributed by atoms with Crippen LogP contribution in [0.15, 0.2) is 12.3 Å². The molecule has 2 rings (SSSR count). The molecule has 1 aromatic heterocycles. The maximum atomic E-state index is 12.9. The maximum Gasteiger partial charge on any atom is 0.313 e. The number of rotatable bonds is 10. The van der Waals surface area contributed by atoms with Crippen molar-refractivity contribution >= 4 is 17.7 Å². The number of nitrogens with zero attached hydrogens (tertiary/aromatic N) is 1. The number of ether oxygens (including phenoxy) is 3. The molecule has 1 aromatic rings. The van der Waals surface area contributed by atoms with Gasteiger partial charge in [0.05, 0.1) is 18.9 Å². The van der Waals surface area contributed by atoms with Crippen molar-refractivity contribution < 1.29 is 28.6 Å². The summed E-state index contributed by atoms with van der Waals surface area (Å²) in [7, 11) is 1.42. The molecule has 0 bridgehead atoms. The average molecular weight is 434 g/mol. The van der Waals surface area contributed by atoms with Crippen molar-refractivity contribution in [3.8, 4) is 11.5 Å². The van der Waals surface area contributed by atoms with Gasteiger partial charge in [0, 0.05) is 18.7 Å². The van der Waals surface area contributed by atoms with Gasteiger partial charge in [0.15, 0.2) is 17.2 Å². The molecule has 0 N–H and O–H groups in total. The third-order valence-electron chi connectivity index (χ3n) is 6.11. The summed E-state index contributed by atoms with van der Waals surface area (Å²) in [5, 5.41) is 0. The van der Waals surface area contributed by atoms with Gasteiger partial charge in [0.2, 0.25) is 5.75 Å². The van der Waals surface area contributed by atoms with Crippen LogP contribution < -0.4 is 9.47 Å². The first-order chi connectivity index (χ1) is 14.6. The van der Waals surface area contributed by atoms with Gasteiger partial charge in [0.25, 0.3) is 0 Å². The molecule has 1 aliphatic carbocycles. The highest BCUT2D eigenvalue weighted by Gasteiger charge is 2.30. The summed E-state index contributed by atoms with van der Waals surface area (Å²) in [6.07, 6.45) is 5.93. The van der Waals surface area contributed by atoms with Crippen molar-refractivity contribution in [2.45, 2.75) is 72.8 Å². The molecule has 0 aliphatic heterocycles. The molecule has 1 aliphatic rings. The summed E-state index contributed by atoms with van der Waals surface area (Å²) in [6.45, 7) is 9.09. The predicted molar refractivity (Wildman–Crippen MR) is 116 cm³/mol. The number of hydrogen-bond acceptors (Lipinski definition) is 7. The molecule has 0 radical (unpaired) electrons. The van der Waals surface area contributed by atoms with E-state index in [2.05, 4.69) is 11.9 Å². The molecule has 1 saturated carbocycles. The van der Waals surface area contributed by atoms with E-state index in [1.54, 1.807) is 20.8 Å². The summed E-state index contributed by atoms with van der Waals surface area (Å²) in [5.74, 6) is -1.25. The van der Waals surface area contributed by atoms with E-state index in [0.29, 0.717) is 5.92 Å². The second-order valence-corrected chi connectivity index (χ2v) is 8.84. The van der Waals surface area contributed by atoms with Gasteiger partial charge in [-0.25, -0.2) is 4.98 Å². The molecule has 7 nitrogen and oxygen atoms in total. The molecule has 0 unspecified atom stereocenters. The first-order valence-electron chi connectivity index (χ1n) is 11.1. The molecule has 0 aromatic carbocycles. The van der Waals surface area contributed by atoms with Crippen LogP contribution in [0.5, 0.6) is 11.5 Å². The molecule has 31 heavy (non-hydrogen) atoms. The lowest BCUT2D eigenvalue weighted by Gasteiger charge is -2.26. The van der Waals surface area contributed by atoms with Crippen molar-refractivity contribution in [1.82, 2.24) is 4.98 Å². The maximum absolute atomic E-state index is 12.9. The van der Waals surface area contributed by atoms with Crippen LogP contribution >= 0.6 is 0 Å². The van der Waals surface area contributed by atoms with Crippen LogP contribution in [0.3, 0.4) is 0 Å². The first-order valence-corrected chi connectivity index (χ1v) is 11.1. The van der Waals surface area contributed by atoms with Crippen LogP contribution in [0.1, 0.15) is 77.2 Å². The molecule has 0 saturated heterocycles. The Morgan fingerprint density at radius 2 is 1.71 bits per heavy atom. The van der Waals surface area contributed by atoms with E-state index in [4.69, 9.17) is 14.2 Å². The van der Waals surface area contributed by atoms with Crippen LogP contribution in [-0.4, -0.2) is 35.9 Å². The van der Waals surface area contributed by atoms with Gasteiger partial charge in [-0.3, -0.25) is 14.4 Å². The molecule has 1 heterocycles. The molecular formula is C24H35NO6. The SMILES string of the molecule is COc1ccnc(C(=O)C[C@@H](C)C(=O)O[C@@H](C)[C@@H](C)C2CCCC2)c1OC(=O)C(C)C. The number of Topliss-reactive ketones (excluding diaryl/α,β-unsaturated/α-hetero) is 1. The number of aromatic nitrogens is 1. The number of carbonyl (C=O) groups excluding carboxylic acids is 3. The van der Waals surface area contributed by atoms with E-state index in [1.165, 1.54) is 45.1 Å². The number of esters is 2. The summed E-state index contributed by atoms with van der Waals surface area (Å²) in [4.78, 5) is 41.7. The van der Waals surface area contributed by atoms with Crippen molar-refractivity contribution in [1.29, 1.82) is 0 Å². The third-order valence-corrected chi connectivity index (χ3v) is 6.11. The molecule has 1 fully saturated rings. The lowest BCUT2D eigenvalue weighted by atomic mass is 9.88. The van der Waals surface area contributed by atoms with Gasteiger partial charge >= 0.3 is 11.9 Å². The van der Waals surface area contributed by atoms with Crippen LogP contribution in [0, 0.1) is 23.7 Å². The van der Waals surface area contributed by atoms with Crippen LogP contribution in [0.2, 0.25) is 0 Å². The Bertz CT molecular complexity index is 784. The van der Waals surface area contributed by atoms with Gasteiger partial charge in [0.1, 0.15) is 6.10 Å². The minimum Gasteiger partial charge on any atom is -0.493 e. The molecule has 172 valence electrons. The van der Waals surface area contributed by atoms with Crippen LogP contribution in [0.25, 0.3) is 0 Å². The minimum absolute atomic E-state index is 0.0162. The smallest absolute Gasteiger partial charge is 0.313 e. The van der Waals surface area contributed by atoms with Crippen molar-refractivity contribution in [3.63, 3.8) is 0 Å². The zero-order valence-corrected chi connectivity index (χ0v) is 19.5. The Labute approximate surface area is 184 Å². The highest BCUT2D eigenvalue weighted by molar-refractivity contribution is 6.00. The van der Waals surface area contributed by atoms with Crippen LogP contribution in [0.4, 0.5) is 0 Å². The van der Waals surface area contributed by atoms with Crippen molar-refractivity contribution in [2.24, 2.45) is 23.7 Å². The summed E-state index contributed by atoms with van der Waals surface area (Å²) < 4.78 is 16.3. The Morgan fingerprint density at radius 3 is 2.29 bits per heavy atom. The van der Waals surface area contributed by atoms with Gasteiger partial charge in [-0.15, -0.1) is 0 Å². The zero-order chi connectivity index (χ0) is 23.1. The van der Waals surface area contributed by atoms with Gasteiger partial charge in [-0.1, -0.05) is 53.4 Å². The first kappa shape index (κ1) is 24.8. The van der Waals surface area contributed by atoms with E-state index in [9.17, 15) is 14.4 Å². The van der Waals surface area contributed by atoms with Gasteiger partial charge in [-0.2, -0.15) is 0 Å². The van der Waals surface area contributed by atoms with E-state index in [1.807, 2.05) is 6.92 Å². The molecule has 3 atom stereocenters. The quantitative estimate of drug-likeness (QED) is 0.393. The average Bonchev–Trinajstić information content (AvgIpc) is 3.27. The van der Waals surface area contributed by atoms with E-state index >= 15 is 0 Å². The third kappa shape index (κ3) is 6.52. The van der Waals surface area contributed by atoms with Crippen LogP contribution in [-0.2, 0) is 14.3 Å². The molecule has 7 heteroatoms. The number of pyridine rings is 1. The zero-order valence-electron chi connectivity index (χ0n) is 19.5. The number of methoxy groups -OCH3 is 1. The van der Waals surface area contributed by atoms with Crippen molar-refractivity contribution in [2.75, 3.05) is 7.11 Å². The summed E-state index contributed by atoms with van der Waals surface area (Å²) in [6, 6.07) is 1.52. The largest absolute Gasteiger partial charge is 0.493 e. The molecule has 0 amide bonds. The topological polar surface area (TPSA) is 91.8 Å². The highest BCUT2D eigenvalue weighted by Crippen LogP contribution is 2.34. The highest BCUT2D eigenvalue weighted by atomic mass is 16.6. The second-order valence-electron chi connectivity index (χ2n) is 8.84. The number of ketones is 1. The molecule has 0 spiro atoms. The monoisotopic (exact) mass is 433 g/mol. The normalized spacial score (nSPS) is 17.1. The number of hydrogen-bond donors (Lipinski definition) is 0.